The van der Waals surface area contributed by atoms with Crippen molar-refractivity contribution in [1.29, 1.82) is 0 Å². The van der Waals surface area contributed by atoms with Crippen LogP contribution in [-0.4, -0.2) is 5.78 Å². The highest BCUT2D eigenvalue weighted by molar-refractivity contribution is 5.75. The van der Waals surface area contributed by atoms with Crippen LogP contribution in [0.15, 0.2) is 12.2 Å². The lowest BCUT2D eigenvalue weighted by Gasteiger charge is -2.41. The van der Waals surface area contributed by atoms with E-state index in [9.17, 15) is 4.79 Å². The van der Waals surface area contributed by atoms with E-state index >= 15 is 0 Å². The van der Waals surface area contributed by atoms with Crippen molar-refractivity contribution in [2.45, 2.75) is 60.3 Å². The Bertz CT molecular complexity index is 209. The molecule has 0 bridgehead atoms. The second-order valence-electron chi connectivity index (χ2n) is 4.81. The average molecular weight is 210 g/mol. The molecule has 0 N–H and O–H groups in total. The summed E-state index contributed by atoms with van der Waals surface area (Å²) in [5.41, 5.74) is 0.441. The molecule has 0 aromatic carbocycles. The number of carbonyl (C=O) groups excluding carboxylic acids is 1. The smallest absolute Gasteiger partial charge is 0.130 e. The lowest BCUT2D eigenvalue weighted by Crippen LogP contribution is -2.30. The van der Waals surface area contributed by atoms with Crippen molar-refractivity contribution in [2.24, 2.45) is 11.3 Å². The number of allylic oxidation sites excluding steroid dienone is 2. The zero-order valence-electron chi connectivity index (χ0n) is 11.0. The van der Waals surface area contributed by atoms with Crippen molar-refractivity contribution < 1.29 is 4.79 Å². The second kappa shape index (κ2) is 6.81. The van der Waals surface area contributed by atoms with E-state index in [0.29, 0.717) is 11.8 Å². The van der Waals surface area contributed by atoms with Gasteiger partial charge in [-0.25, -0.2) is 0 Å². The van der Waals surface area contributed by atoms with E-state index in [1.54, 1.807) is 6.92 Å². The maximum absolute atomic E-state index is 10.7. The Balaban J connectivity index is 0.000000921. The van der Waals surface area contributed by atoms with E-state index in [0.717, 1.165) is 12.3 Å². The van der Waals surface area contributed by atoms with Gasteiger partial charge in [-0.15, -0.1) is 0 Å². The molecule has 0 aromatic heterocycles. The normalized spacial score (nSPS) is 29.3. The molecule has 1 fully saturated rings. The van der Waals surface area contributed by atoms with Crippen molar-refractivity contribution in [3.05, 3.63) is 12.2 Å². The lowest BCUT2D eigenvalue weighted by atomic mass is 9.64. The van der Waals surface area contributed by atoms with E-state index in [-0.39, 0.29) is 5.78 Å². The van der Waals surface area contributed by atoms with Gasteiger partial charge >= 0.3 is 0 Å². The fraction of sp³-hybridized carbons (Fsp3) is 0.786. The fourth-order valence-electron chi connectivity index (χ4n) is 2.32. The number of rotatable bonds is 4. The molecule has 0 amide bonds. The fourth-order valence-corrected chi connectivity index (χ4v) is 2.32. The molecule has 1 rings (SSSR count). The van der Waals surface area contributed by atoms with Gasteiger partial charge in [-0.2, -0.15) is 0 Å². The molecule has 0 saturated heterocycles. The largest absolute Gasteiger partial charge is 0.300 e. The van der Waals surface area contributed by atoms with Gasteiger partial charge in [-0.1, -0.05) is 39.8 Å². The van der Waals surface area contributed by atoms with E-state index in [4.69, 9.17) is 0 Å². The molecule has 0 radical (unpaired) electrons. The van der Waals surface area contributed by atoms with Crippen LogP contribution in [0.25, 0.3) is 0 Å². The average Bonchev–Trinajstić information content (AvgIpc) is 2.13. The standard InChI is InChI=1S/C12H20O.C2H6/c1-10-8-12(3,9-10)7-5-4-6-11(2)13;1-2/h5,7,10H,4,6,8-9H2,1-3H3;1-2H3/b7-5+;. The van der Waals surface area contributed by atoms with Crippen LogP contribution in [-0.2, 0) is 4.79 Å². The molecule has 15 heavy (non-hydrogen) atoms. The van der Waals surface area contributed by atoms with Crippen LogP contribution in [0.5, 0.6) is 0 Å². The monoisotopic (exact) mass is 210 g/mol. The Kier molecular flexibility index (Phi) is 6.55. The summed E-state index contributed by atoms with van der Waals surface area (Å²) >= 11 is 0. The summed E-state index contributed by atoms with van der Waals surface area (Å²) in [5.74, 6) is 1.18. The van der Waals surface area contributed by atoms with Crippen molar-refractivity contribution in [3.8, 4) is 0 Å². The molecular weight excluding hydrogens is 184 g/mol. The maximum atomic E-state index is 10.7. The van der Waals surface area contributed by atoms with E-state index < -0.39 is 0 Å². The van der Waals surface area contributed by atoms with Crippen LogP contribution in [0.1, 0.15) is 60.3 Å². The van der Waals surface area contributed by atoms with Gasteiger partial charge in [0.1, 0.15) is 5.78 Å². The number of hydrogen-bond donors (Lipinski definition) is 0. The van der Waals surface area contributed by atoms with Gasteiger partial charge in [0.05, 0.1) is 0 Å². The van der Waals surface area contributed by atoms with E-state index in [1.807, 2.05) is 13.8 Å². The molecule has 88 valence electrons. The van der Waals surface area contributed by atoms with Crippen LogP contribution in [0.4, 0.5) is 0 Å². The van der Waals surface area contributed by atoms with Gasteiger partial charge in [-0.05, 0) is 37.5 Å². The van der Waals surface area contributed by atoms with Gasteiger partial charge in [0.15, 0.2) is 0 Å². The summed E-state index contributed by atoms with van der Waals surface area (Å²) in [5, 5.41) is 0. The highest BCUT2D eigenvalue weighted by atomic mass is 16.1. The summed E-state index contributed by atoms with van der Waals surface area (Å²) in [6.45, 7) is 10.3. The molecule has 1 nitrogen and oxygen atoms in total. The molecule has 0 heterocycles. The molecule has 0 aliphatic heterocycles. The molecule has 1 saturated carbocycles. The first-order valence-electron chi connectivity index (χ1n) is 6.19. The quantitative estimate of drug-likeness (QED) is 0.629. The van der Waals surface area contributed by atoms with Crippen LogP contribution in [0, 0.1) is 11.3 Å². The minimum atomic E-state index is 0.289. The molecule has 1 aliphatic carbocycles. The summed E-state index contributed by atoms with van der Waals surface area (Å²) in [6, 6.07) is 0. The van der Waals surface area contributed by atoms with Crippen molar-refractivity contribution in [1.82, 2.24) is 0 Å². The number of ketones is 1. The zero-order valence-corrected chi connectivity index (χ0v) is 11.0. The van der Waals surface area contributed by atoms with Gasteiger partial charge in [0.25, 0.3) is 0 Å². The van der Waals surface area contributed by atoms with Crippen LogP contribution in [0.3, 0.4) is 0 Å². The lowest BCUT2D eigenvalue weighted by molar-refractivity contribution is -0.116. The number of hydrogen-bond acceptors (Lipinski definition) is 1. The Labute approximate surface area is 95.0 Å². The molecule has 0 unspecified atom stereocenters. The highest BCUT2D eigenvalue weighted by Crippen LogP contribution is 2.46. The number of carbonyl (C=O) groups is 1. The Morgan fingerprint density at radius 3 is 2.33 bits per heavy atom. The summed E-state index contributed by atoms with van der Waals surface area (Å²) < 4.78 is 0. The third-order valence-electron chi connectivity index (χ3n) is 2.81. The van der Waals surface area contributed by atoms with Gasteiger partial charge < -0.3 is 4.79 Å². The van der Waals surface area contributed by atoms with Crippen molar-refractivity contribution in [2.75, 3.05) is 0 Å². The van der Waals surface area contributed by atoms with E-state index in [2.05, 4.69) is 26.0 Å². The Morgan fingerprint density at radius 1 is 1.40 bits per heavy atom. The topological polar surface area (TPSA) is 17.1 Å². The molecular formula is C14H26O. The van der Waals surface area contributed by atoms with Gasteiger partial charge in [-0.3, -0.25) is 0 Å². The first kappa shape index (κ1) is 14.4. The van der Waals surface area contributed by atoms with Crippen molar-refractivity contribution in [3.63, 3.8) is 0 Å². The van der Waals surface area contributed by atoms with Crippen molar-refractivity contribution >= 4 is 5.78 Å². The van der Waals surface area contributed by atoms with Gasteiger partial charge in [0.2, 0.25) is 0 Å². The predicted molar refractivity (Wildman–Crippen MR) is 66.9 cm³/mol. The van der Waals surface area contributed by atoms with Gasteiger partial charge in [0, 0.05) is 6.42 Å². The summed E-state index contributed by atoms with van der Waals surface area (Å²) in [7, 11) is 0. The molecule has 1 aliphatic rings. The maximum Gasteiger partial charge on any atom is 0.130 e. The van der Waals surface area contributed by atoms with Crippen LogP contribution >= 0.6 is 0 Å². The molecule has 1 heteroatoms. The predicted octanol–water partition coefficient (Wildman–Crippen LogP) is 4.37. The Morgan fingerprint density at radius 2 is 1.93 bits per heavy atom. The number of Topliss-reactive ketones (excluding diaryl/α,β-unsaturated/α-hetero) is 1. The van der Waals surface area contributed by atoms with E-state index in [1.165, 1.54) is 12.8 Å². The SMILES string of the molecule is CC.CC(=O)CC/C=C/C1(C)CC(C)C1. The molecule has 0 spiro atoms. The summed E-state index contributed by atoms with van der Waals surface area (Å²) in [4.78, 5) is 10.7. The highest BCUT2D eigenvalue weighted by Gasteiger charge is 2.34. The first-order valence-corrected chi connectivity index (χ1v) is 6.19. The minimum absolute atomic E-state index is 0.289. The zero-order chi connectivity index (χ0) is 11.9. The second-order valence-corrected chi connectivity index (χ2v) is 4.81. The Hall–Kier alpha value is -0.590. The minimum Gasteiger partial charge on any atom is -0.300 e. The first-order chi connectivity index (χ1) is 7.02. The molecule has 0 aromatic rings. The third kappa shape index (κ3) is 5.76. The molecule has 0 atom stereocenters. The summed E-state index contributed by atoms with van der Waals surface area (Å²) in [6.07, 6.45) is 8.71. The van der Waals surface area contributed by atoms with Crippen LogP contribution in [0.2, 0.25) is 0 Å². The third-order valence-corrected chi connectivity index (χ3v) is 2.81. The van der Waals surface area contributed by atoms with Crippen LogP contribution < -0.4 is 0 Å².